The van der Waals surface area contributed by atoms with Gasteiger partial charge in [-0.2, -0.15) is 17.6 Å². The second kappa shape index (κ2) is 16.4. The zero-order chi connectivity index (χ0) is 35.4. The third-order valence-corrected chi connectivity index (χ3v) is 6.27. The zero-order valence-electron chi connectivity index (χ0n) is 25.6. The molecule has 4 aromatic rings. The molecule has 4 rings (SSSR count). The number of carboxylic acid groups (broad SMARTS) is 1. The van der Waals surface area contributed by atoms with Gasteiger partial charge in [0.2, 0.25) is 0 Å². The summed E-state index contributed by atoms with van der Waals surface area (Å²) in [6, 6.07) is 24.3. The summed E-state index contributed by atoms with van der Waals surface area (Å²) >= 11 is 0. The molecule has 48 heavy (non-hydrogen) atoms. The highest BCUT2D eigenvalue weighted by molar-refractivity contribution is 6.04. The van der Waals surface area contributed by atoms with E-state index in [2.05, 4.69) is 26.0 Å². The number of carbonyl (C=O) groups excluding carboxylic acids is 2. The molecule has 0 spiro atoms. The van der Waals surface area contributed by atoms with Crippen LogP contribution >= 0.6 is 0 Å². The molecule has 0 aliphatic heterocycles. The molecule has 3 amide bonds. The normalized spacial score (nSPS) is 11.3. The van der Waals surface area contributed by atoms with Crippen LogP contribution in [-0.2, 0) is 4.79 Å². The number of para-hydroxylation sites is 2. The molecule has 0 aromatic heterocycles. The maximum atomic E-state index is 13.2. The molecule has 0 saturated carbocycles. The average molecular weight is 669 g/mol. The number of ether oxygens (including phenoxy) is 1. The van der Waals surface area contributed by atoms with Crippen LogP contribution in [0.5, 0.6) is 5.75 Å². The number of carbonyl (C=O) groups is 3. The topological polar surface area (TPSA) is 179 Å². The summed E-state index contributed by atoms with van der Waals surface area (Å²) in [5.74, 6) is -1.99. The van der Waals surface area contributed by atoms with Crippen molar-refractivity contribution in [3.8, 4) is 5.75 Å². The van der Waals surface area contributed by atoms with Crippen LogP contribution in [0.3, 0.4) is 0 Å². The van der Waals surface area contributed by atoms with Crippen molar-refractivity contribution in [1.29, 1.82) is 5.41 Å². The molecule has 4 aromatic carbocycles. The van der Waals surface area contributed by atoms with Gasteiger partial charge in [-0.05, 0) is 73.2 Å². The first-order valence-electron chi connectivity index (χ1n) is 14.1. The number of anilines is 4. The number of nitrogens with one attached hydrogen (secondary N) is 5. The first-order valence-corrected chi connectivity index (χ1v) is 14.1. The number of halogens is 4. The lowest BCUT2D eigenvalue weighted by Crippen LogP contribution is -2.33. The van der Waals surface area contributed by atoms with Crippen LogP contribution in [0.2, 0.25) is 0 Å². The number of benzene rings is 4. The Bertz CT molecular complexity index is 1730. The highest BCUT2D eigenvalue weighted by Gasteiger charge is 2.44. The van der Waals surface area contributed by atoms with Gasteiger partial charge in [0.1, 0.15) is 11.6 Å². The number of amidine groups is 1. The second-order valence-electron chi connectivity index (χ2n) is 10.1. The number of aliphatic carboxylic acids is 1. The number of amides is 3. The number of hydrogen-bond donors (Lipinski definition) is 7. The fourth-order valence-corrected chi connectivity index (χ4v) is 4.02. The van der Waals surface area contributed by atoms with Gasteiger partial charge in [-0.25, -0.2) is 4.79 Å². The molecule has 0 saturated heterocycles. The van der Waals surface area contributed by atoms with Gasteiger partial charge in [0.15, 0.2) is 0 Å². The molecule has 0 heterocycles. The molecular formula is C33H32F4N6O5. The van der Waals surface area contributed by atoms with Gasteiger partial charge in [0.25, 0.3) is 11.9 Å². The summed E-state index contributed by atoms with van der Waals surface area (Å²) in [5.41, 5.74) is 8.84. The Morgan fingerprint density at radius 1 is 0.812 bits per heavy atom. The summed E-state index contributed by atoms with van der Waals surface area (Å²) in [7, 11) is 0. The maximum absolute atomic E-state index is 13.2. The second-order valence-corrected chi connectivity index (χ2v) is 10.1. The molecular weight excluding hydrogens is 636 g/mol. The van der Waals surface area contributed by atoms with E-state index in [4.69, 9.17) is 21.0 Å². The van der Waals surface area contributed by atoms with Crippen molar-refractivity contribution >= 4 is 46.5 Å². The van der Waals surface area contributed by atoms with Gasteiger partial charge in [-0.15, -0.1) is 0 Å². The van der Waals surface area contributed by atoms with Crippen LogP contribution in [0.25, 0.3) is 0 Å². The van der Waals surface area contributed by atoms with E-state index in [-0.39, 0.29) is 23.1 Å². The third kappa shape index (κ3) is 11.0. The predicted octanol–water partition coefficient (Wildman–Crippen LogP) is 7.37. The van der Waals surface area contributed by atoms with E-state index in [1.165, 1.54) is 12.1 Å². The van der Waals surface area contributed by atoms with Gasteiger partial charge in [-0.1, -0.05) is 30.3 Å². The summed E-state index contributed by atoms with van der Waals surface area (Å²) in [6.45, 7) is 2.98. The molecule has 0 fully saturated rings. The van der Waals surface area contributed by atoms with Gasteiger partial charge < -0.3 is 36.8 Å². The fraction of sp³-hybridized carbons (Fsp3) is 0.152. The van der Waals surface area contributed by atoms with Crippen LogP contribution < -0.4 is 31.7 Å². The summed E-state index contributed by atoms with van der Waals surface area (Å²) in [5, 5.41) is 26.3. The van der Waals surface area contributed by atoms with Crippen molar-refractivity contribution in [3.63, 3.8) is 0 Å². The van der Waals surface area contributed by atoms with Crippen LogP contribution in [-0.4, -0.2) is 41.4 Å². The highest BCUT2D eigenvalue weighted by Crippen LogP contribution is 2.30. The molecule has 252 valence electrons. The van der Waals surface area contributed by atoms with E-state index < -0.39 is 36.2 Å². The summed E-state index contributed by atoms with van der Waals surface area (Å²) in [6.07, 6.45) is -8.68. The lowest BCUT2D eigenvalue weighted by molar-refractivity contribution is -0.253. The van der Waals surface area contributed by atoms with Crippen molar-refractivity contribution in [2.75, 3.05) is 21.3 Å². The van der Waals surface area contributed by atoms with Crippen molar-refractivity contribution in [2.24, 2.45) is 5.73 Å². The Morgan fingerprint density at radius 2 is 1.40 bits per heavy atom. The number of alkyl halides is 4. The molecule has 15 heteroatoms. The number of hydrogen-bond acceptors (Lipinski definition) is 6. The number of nitrogens with two attached hydrogens (primary N) is 1. The van der Waals surface area contributed by atoms with E-state index in [0.717, 1.165) is 24.6 Å². The van der Waals surface area contributed by atoms with E-state index in [1.807, 2.05) is 6.92 Å². The van der Waals surface area contributed by atoms with Crippen LogP contribution in [0.15, 0.2) is 97.1 Å². The largest absolute Gasteiger partial charge is 0.481 e. The third-order valence-electron chi connectivity index (χ3n) is 6.27. The number of urea groups is 1. The van der Waals surface area contributed by atoms with Crippen molar-refractivity contribution < 1.29 is 41.8 Å². The Hall–Kier alpha value is -6.12. The molecule has 0 bridgehead atoms. The minimum Gasteiger partial charge on any atom is -0.481 e. The van der Waals surface area contributed by atoms with Crippen molar-refractivity contribution in [3.05, 3.63) is 114 Å². The standard InChI is InChI=1S/C31H28F4N6O3.C2H4O2/c1-18(38-25-7-2-3-8-26(25)41-30(43)40-22-15-13-20(14-16-22)27(36)37)19-9-11-21(12-10-19)28(42)39-23-5-4-6-24(17-23)44-31(34,35)29(32)33;1-2(3)4/h2-18,29,38H,1H3,(H3,36,37)(H,39,42)(H2,40,41,43);1H3,(H,3,4). The molecule has 0 aliphatic carbocycles. The first-order chi connectivity index (χ1) is 22.6. The van der Waals surface area contributed by atoms with Crippen LogP contribution in [0.4, 0.5) is 45.1 Å². The number of nitrogen functional groups attached to an aromatic ring is 1. The summed E-state index contributed by atoms with van der Waals surface area (Å²) in [4.78, 5) is 34.3. The first kappa shape index (κ1) is 36.3. The predicted molar refractivity (Wildman–Crippen MR) is 174 cm³/mol. The minimum absolute atomic E-state index is 0.0761. The van der Waals surface area contributed by atoms with Gasteiger partial charge in [0.05, 0.1) is 11.4 Å². The van der Waals surface area contributed by atoms with Crippen LogP contribution in [0.1, 0.15) is 41.4 Å². The minimum atomic E-state index is -4.67. The van der Waals surface area contributed by atoms with Gasteiger partial charge in [-0.3, -0.25) is 15.0 Å². The van der Waals surface area contributed by atoms with Gasteiger partial charge >= 0.3 is 18.6 Å². The molecule has 11 nitrogen and oxygen atoms in total. The Morgan fingerprint density at radius 3 is 1.98 bits per heavy atom. The monoisotopic (exact) mass is 668 g/mol. The van der Waals surface area contributed by atoms with E-state index in [1.54, 1.807) is 72.8 Å². The van der Waals surface area contributed by atoms with Crippen LogP contribution in [0, 0.1) is 5.41 Å². The maximum Gasteiger partial charge on any atom is 0.461 e. The Labute approximate surface area is 272 Å². The molecule has 0 aliphatic rings. The fourth-order valence-electron chi connectivity index (χ4n) is 4.02. The number of carboxylic acids is 1. The Kier molecular flexibility index (Phi) is 12.5. The number of rotatable bonds is 11. The SMILES string of the molecule is CC(=O)O.CC(Nc1ccccc1NC(=O)Nc1ccc(C(=N)N)cc1)c1ccc(C(=O)Nc2cccc(OC(F)(F)C(F)F)c2)cc1. The molecule has 1 atom stereocenters. The molecule has 0 radical (unpaired) electrons. The van der Waals surface area contributed by atoms with E-state index in [9.17, 15) is 27.2 Å². The smallest absolute Gasteiger partial charge is 0.461 e. The quantitative estimate of drug-likeness (QED) is 0.0495. The zero-order valence-corrected chi connectivity index (χ0v) is 25.6. The van der Waals surface area contributed by atoms with Gasteiger partial charge in [0, 0.05) is 41.5 Å². The highest BCUT2D eigenvalue weighted by atomic mass is 19.3. The van der Waals surface area contributed by atoms with E-state index >= 15 is 0 Å². The lowest BCUT2D eigenvalue weighted by Gasteiger charge is -2.19. The average Bonchev–Trinajstić information content (AvgIpc) is 3.02. The van der Waals surface area contributed by atoms with Crippen molar-refractivity contribution in [2.45, 2.75) is 32.4 Å². The Balaban J connectivity index is 0.00000148. The lowest BCUT2D eigenvalue weighted by atomic mass is 10.0. The van der Waals surface area contributed by atoms with Crippen molar-refractivity contribution in [1.82, 2.24) is 0 Å². The summed E-state index contributed by atoms with van der Waals surface area (Å²) < 4.78 is 55.4. The molecule has 8 N–H and O–H groups in total. The van der Waals surface area contributed by atoms with E-state index in [0.29, 0.717) is 22.6 Å². The molecule has 1 unspecified atom stereocenters.